The number of hydrogen-bond donors (Lipinski definition) is 0. The van der Waals surface area contributed by atoms with Crippen molar-refractivity contribution in [3.63, 3.8) is 0 Å². The van der Waals surface area contributed by atoms with Crippen LogP contribution in [-0.2, 0) is 4.74 Å². The fourth-order valence-corrected chi connectivity index (χ4v) is 1.07. The van der Waals surface area contributed by atoms with Gasteiger partial charge in [0.25, 0.3) is 0 Å². The maximum Gasteiger partial charge on any atom is 0.341 e. The lowest BCUT2D eigenvalue weighted by Gasteiger charge is -2.04. The zero-order valence-electron chi connectivity index (χ0n) is 7.92. The van der Waals surface area contributed by atoms with Crippen LogP contribution in [0.25, 0.3) is 6.08 Å². The average molecular weight is 194 g/mol. The Morgan fingerprint density at radius 1 is 1.64 bits per heavy atom. The van der Waals surface area contributed by atoms with Crippen LogP contribution in [0, 0.1) is 5.82 Å². The minimum Gasteiger partial charge on any atom is -0.462 e. The maximum absolute atomic E-state index is 13.5. The summed E-state index contributed by atoms with van der Waals surface area (Å²) >= 11 is 0. The van der Waals surface area contributed by atoms with Crippen molar-refractivity contribution in [3.8, 4) is 0 Å². The number of carbonyl (C=O) groups is 1. The minimum atomic E-state index is -0.645. The van der Waals surface area contributed by atoms with Gasteiger partial charge in [-0.15, -0.1) is 0 Å². The molecule has 0 saturated heterocycles. The molecule has 0 amide bonds. The van der Waals surface area contributed by atoms with Crippen molar-refractivity contribution in [3.05, 3.63) is 41.7 Å². The van der Waals surface area contributed by atoms with E-state index in [9.17, 15) is 9.18 Å². The summed E-state index contributed by atoms with van der Waals surface area (Å²) in [6, 6.07) is 4.53. The van der Waals surface area contributed by atoms with Crippen molar-refractivity contribution in [1.29, 1.82) is 0 Å². The van der Waals surface area contributed by atoms with Crippen LogP contribution in [-0.4, -0.2) is 12.6 Å². The largest absolute Gasteiger partial charge is 0.462 e. The molecule has 1 rings (SSSR count). The van der Waals surface area contributed by atoms with Gasteiger partial charge in [0.2, 0.25) is 0 Å². The second kappa shape index (κ2) is 4.56. The molecule has 0 aromatic heterocycles. The smallest absolute Gasteiger partial charge is 0.341 e. The Morgan fingerprint density at radius 2 is 2.36 bits per heavy atom. The van der Waals surface area contributed by atoms with Gasteiger partial charge in [-0.05, 0) is 13.0 Å². The molecule has 0 heterocycles. The molecule has 0 fully saturated rings. The van der Waals surface area contributed by atoms with E-state index in [-0.39, 0.29) is 12.2 Å². The predicted molar refractivity (Wildman–Crippen MR) is 52.4 cm³/mol. The molecular formula is C11H11FO2. The fourth-order valence-electron chi connectivity index (χ4n) is 1.07. The third kappa shape index (κ3) is 1.99. The molecule has 0 aliphatic carbocycles. The van der Waals surface area contributed by atoms with Crippen LogP contribution in [0.2, 0.25) is 0 Å². The summed E-state index contributed by atoms with van der Waals surface area (Å²) in [7, 11) is 0. The molecule has 14 heavy (non-hydrogen) atoms. The number of carbonyl (C=O) groups excluding carboxylic acids is 1. The molecule has 0 bridgehead atoms. The van der Waals surface area contributed by atoms with Crippen molar-refractivity contribution in [2.24, 2.45) is 0 Å². The Kier molecular flexibility index (Phi) is 3.40. The van der Waals surface area contributed by atoms with Gasteiger partial charge in [-0.2, -0.15) is 0 Å². The van der Waals surface area contributed by atoms with Crippen molar-refractivity contribution in [1.82, 2.24) is 0 Å². The highest BCUT2D eigenvalue weighted by atomic mass is 19.1. The Morgan fingerprint density at radius 3 is 2.93 bits per heavy atom. The third-order valence-corrected chi connectivity index (χ3v) is 1.74. The normalized spacial score (nSPS) is 9.57. The van der Waals surface area contributed by atoms with E-state index in [4.69, 9.17) is 4.74 Å². The van der Waals surface area contributed by atoms with E-state index >= 15 is 0 Å². The molecule has 0 radical (unpaired) electrons. The summed E-state index contributed by atoms with van der Waals surface area (Å²) in [6.07, 6.45) is 1.36. The van der Waals surface area contributed by atoms with Gasteiger partial charge < -0.3 is 4.74 Å². The second-order valence-corrected chi connectivity index (χ2v) is 2.63. The van der Waals surface area contributed by atoms with Gasteiger partial charge in [0.15, 0.2) is 0 Å². The van der Waals surface area contributed by atoms with Gasteiger partial charge >= 0.3 is 5.97 Å². The fraction of sp³-hybridized carbons (Fsp3) is 0.182. The van der Waals surface area contributed by atoms with E-state index in [0.29, 0.717) is 5.56 Å². The van der Waals surface area contributed by atoms with Gasteiger partial charge in [-0.3, -0.25) is 0 Å². The van der Waals surface area contributed by atoms with Crippen molar-refractivity contribution in [2.75, 3.05) is 6.61 Å². The zero-order chi connectivity index (χ0) is 10.6. The first-order chi connectivity index (χ1) is 6.70. The van der Waals surface area contributed by atoms with Crippen LogP contribution in [0.4, 0.5) is 4.39 Å². The molecule has 0 unspecified atom stereocenters. The molecule has 0 spiro atoms. The van der Waals surface area contributed by atoms with Crippen LogP contribution < -0.4 is 0 Å². The quantitative estimate of drug-likeness (QED) is 0.691. The summed E-state index contributed by atoms with van der Waals surface area (Å²) < 4.78 is 18.2. The first kappa shape index (κ1) is 10.4. The molecular weight excluding hydrogens is 183 g/mol. The van der Waals surface area contributed by atoms with E-state index in [1.165, 1.54) is 12.1 Å². The Labute approximate surface area is 82.0 Å². The standard InChI is InChI=1S/C11H11FO2/c1-3-8-6-5-7-9(10(8)12)11(13)14-4-2/h3,5-7H,1,4H2,2H3. The van der Waals surface area contributed by atoms with Gasteiger partial charge in [0, 0.05) is 5.56 Å². The summed E-state index contributed by atoms with van der Waals surface area (Å²) in [4.78, 5) is 11.2. The monoisotopic (exact) mass is 194 g/mol. The number of halogens is 1. The van der Waals surface area contributed by atoms with Crippen LogP contribution in [0.15, 0.2) is 24.8 Å². The molecule has 1 aromatic rings. The molecule has 74 valence electrons. The lowest BCUT2D eigenvalue weighted by atomic mass is 10.1. The van der Waals surface area contributed by atoms with E-state index in [0.717, 1.165) is 0 Å². The maximum atomic E-state index is 13.5. The molecule has 3 heteroatoms. The molecule has 0 aliphatic rings. The zero-order valence-corrected chi connectivity index (χ0v) is 7.92. The first-order valence-corrected chi connectivity index (χ1v) is 4.28. The molecule has 0 N–H and O–H groups in total. The molecule has 0 atom stereocenters. The first-order valence-electron chi connectivity index (χ1n) is 4.28. The highest BCUT2D eigenvalue weighted by molar-refractivity contribution is 5.90. The lowest BCUT2D eigenvalue weighted by molar-refractivity contribution is 0.0521. The highest BCUT2D eigenvalue weighted by Crippen LogP contribution is 2.14. The van der Waals surface area contributed by atoms with Gasteiger partial charge in [0.05, 0.1) is 12.2 Å². The van der Waals surface area contributed by atoms with Crippen molar-refractivity contribution in [2.45, 2.75) is 6.92 Å². The lowest BCUT2D eigenvalue weighted by Crippen LogP contribution is -2.07. The summed E-state index contributed by atoms with van der Waals surface area (Å²) in [5.74, 6) is -1.23. The summed E-state index contributed by atoms with van der Waals surface area (Å²) in [5, 5.41) is 0. The Hall–Kier alpha value is -1.64. The minimum absolute atomic E-state index is 0.0516. The van der Waals surface area contributed by atoms with E-state index in [1.54, 1.807) is 19.1 Å². The Bertz CT molecular complexity index is 358. The summed E-state index contributed by atoms with van der Waals surface area (Å²) in [6.45, 7) is 5.35. The predicted octanol–water partition coefficient (Wildman–Crippen LogP) is 2.65. The topological polar surface area (TPSA) is 26.3 Å². The molecule has 1 aromatic carbocycles. The third-order valence-electron chi connectivity index (χ3n) is 1.74. The van der Waals surface area contributed by atoms with E-state index in [1.807, 2.05) is 0 Å². The number of esters is 1. The van der Waals surface area contributed by atoms with E-state index < -0.39 is 11.8 Å². The second-order valence-electron chi connectivity index (χ2n) is 2.63. The molecule has 0 aliphatic heterocycles. The van der Waals surface area contributed by atoms with Crippen molar-refractivity contribution < 1.29 is 13.9 Å². The van der Waals surface area contributed by atoms with Crippen LogP contribution >= 0.6 is 0 Å². The number of rotatable bonds is 3. The average Bonchev–Trinajstić information content (AvgIpc) is 2.18. The van der Waals surface area contributed by atoms with Crippen LogP contribution in [0.3, 0.4) is 0 Å². The molecule has 0 saturated carbocycles. The van der Waals surface area contributed by atoms with E-state index in [2.05, 4.69) is 6.58 Å². The van der Waals surface area contributed by atoms with Gasteiger partial charge in [-0.1, -0.05) is 24.8 Å². The summed E-state index contributed by atoms with van der Waals surface area (Å²) in [5.41, 5.74) is 0.250. The number of benzene rings is 1. The molecule has 2 nitrogen and oxygen atoms in total. The highest BCUT2D eigenvalue weighted by Gasteiger charge is 2.13. The van der Waals surface area contributed by atoms with Crippen LogP contribution in [0.1, 0.15) is 22.8 Å². The van der Waals surface area contributed by atoms with Gasteiger partial charge in [0.1, 0.15) is 5.82 Å². The number of hydrogen-bond acceptors (Lipinski definition) is 2. The van der Waals surface area contributed by atoms with Crippen LogP contribution in [0.5, 0.6) is 0 Å². The van der Waals surface area contributed by atoms with Gasteiger partial charge in [-0.25, -0.2) is 9.18 Å². The number of ether oxygens (including phenoxy) is 1. The SMILES string of the molecule is C=Cc1cccc(C(=O)OCC)c1F. The van der Waals surface area contributed by atoms with Crippen molar-refractivity contribution >= 4 is 12.0 Å². The Balaban J connectivity index is 3.09.